The molecule has 1 aromatic heterocycles. The van der Waals surface area contributed by atoms with Crippen LogP contribution >= 0.6 is 15.9 Å². The number of carbonyl (C=O) groups is 1. The first-order valence-corrected chi connectivity index (χ1v) is 5.56. The zero-order chi connectivity index (χ0) is 11.7. The molecule has 2 aromatic rings. The van der Waals surface area contributed by atoms with Crippen LogP contribution in [-0.4, -0.2) is 17.9 Å². The van der Waals surface area contributed by atoms with Crippen molar-refractivity contribution in [1.29, 1.82) is 0 Å². The highest BCUT2D eigenvalue weighted by atomic mass is 79.9. The van der Waals surface area contributed by atoms with E-state index in [0.29, 0.717) is 11.4 Å². The molecule has 3 nitrogen and oxygen atoms in total. The number of ketones is 1. The second-order valence-corrected chi connectivity index (χ2v) is 4.35. The van der Waals surface area contributed by atoms with Crippen LogP contribution in [0, 0.1) is 0 Å². The van der Waals surface area contributed by atoms with Crippen LogP contribution in [-0.2, 0) is 0 Å². The van der Waals surface area contributed by atoms with Gasteiger partial charge >= 0.3 is 0 Å². The summed E-state index contributed by atoms with van der Waals surface area (Å²) in [5.41, 5.74) is 1.32. The summed E-state index contributed by atoms with van der Waals surface area (Å²) in [5.74, 6) is 0.327. The van der Waals surface area contributed by atoms with Gasteiger partial charge in [-0.2, -0.15) is 0 Å². The average Bonchev–Trinajstić information content (AvgIpc) is 2.27. The molecule has 0 aliphatic carbocycles. The van der Waals surface area contributed by atoms with E-state index < -0.39 is 0 Å². The lowest BCUT2D eigenvalue weighted by molar-refractivity contribution is 0.101. The van der Waals surface area contributed by atoms with Gasteiger partial charge in [0.15, 0.2) is 5.78 Å². The number of methoxy groups -OCH3 is 1. The molecule has 0 amide bonds. The lowest BCUT2D eigenvalue weighted by atomic mass is 10.1. The van der Waals surface area contributed by atoms with Crippen LogP contribution in [0.1, 0.15) is 17.3 Å². The minimum absolute atomic E-state index is 0.0498. The second-order valence-electron chi connectivity index (χ2n) is 3.44. The normalized spacial score (nSPS) is 10.4. The summed E-state index contributed by atoms with van der Waals surface area (Å²) < 4.78 is 6.06. The van der Waals surface area contributed by atoms with Crippen LogP contribution in [0.4, 0.5) is 0 Å². The highest BCUT2D eigenvalue weighted by Gasteiger charge is 2.11. The molecule has 1 heterocycles. The molecule has 0 atom stereocenters. The van der Waals surface area contributed by atoms with Crippen molar-refractivity contribution in [1.82, 2.24) is 4.98 Å². The van der Waals surface area contributed by atoms with Crippen molar-refractivity contribution >= 4 is 32.6 Å². The maximum Gasteiger partial charge on any atom is 0.224 e. The van der Waals surface area contributed by atoms with Gasteiger partial charge in [0.05, 0.1) is 18.2 Å². The van der Waals surface area contributed by atoms with Gasteiger partial charge in [-0.25, -0.2) is 4.98 Å². The van der Waals surface area contributed by atoms with E-state index in [4.69, 9.17) is 4.74 Å². The van der Waals surface area contributed by atoms with Gasteiger partial charge in [-0.3, -0.25) is 4.79 Å². The molecule has 0 aliphatic rings. The first kappa shape index (κ1) is 11.1. The van der Waals surface area contributed by atoms with Crippen LogP contribution in [0.3, 0.4) is 0 Å². The van der Waals surface area contributed by atoms with Gasteiger partial charge in [0.2, 0.25) is 5.88 Å². The number of pyridine rings is 1. The molecular formula is C12H10BrNO2. The molecular weight excluding hydrogens is 270 g/mol. The Hall–Kier alpha value is -1.42. The first-order valence-electron chi connectivity index (χ1n) is 4.77. The molecule has 0 aliphatic heterocycles. The van der Waals surface area contributed by atoms with Crippen molar-refractivity contribution in [3.05, 3.63) is 34.3 Å². The summed E-state index contributed by atoms with van der Waals surface area (Å²) in [6.45, 7) is 1.50. The van der Waals surface area contributed by atoms with Crippen molar-refractivity contribution in [2.24, 2.45) is 0 Å². The number of hydrogen-bond acceptors (Lipinski definition) is 3. The van der Waals surface area contributed by atoms with Crippen molar-refractivity contribution in [3.63, 3.8) is 0 Å². The average molecular weight is 280 g/mol. The van der Waals surface area contributed by atoms with Crippen molar-refractivity contribution in [3.8, 4) is 5.88 Å². The Morgan fingerprint density at radius 1 is 1.38 bits per heavy atom. The van der Waals surface area contributed by atoms with Gasteiger partial charge < -0.3 is 4.74 Å². The fourth-order valence-corrected chi connectivity index (χ4v) is 1.92. The molecule has 16 heavy (non-hydrogen) atoms. The lowest BCUT2D eigenvalue weighted by Gasteiger charge is -2.06. The number of Topliss-reactive ketones (excluding diaryl/α,β-unsaturated/α-hetero) is 1. The lowest BCUT2D eigenvalue weighted by Crippen LogP contribution is -2.00. The SMILES string of the molecule is COc1nc2ccc(Br)cc2cc1C(C)=O. The predicted molar refractivity (Wildman–Crippen MR) is 66.0 cm³/mol. The molecule has 0 spiro atoms. The summed E-state index contributed by atoms with van der Waals surface area (Å²) in [6, 6.07) is 7.51. The summed E-state index contributed by atoms with van der Waals surface area (Å²) in [5, 5.41) is 0.917. The standard InChI is InChI=1S/C12H10BrNO2/c1-7(15)10-6-8-5-9(13)3-4-11(8)14-12(10)16-2/h3-6H,1-2H3. The monoisotopic (exact) mass is 279 g/mol. The van der Waals surface area contributed by atoms with Crippen LogP contribution < -0.4 is 4.74 Å². The Morgan fingerprint density at radius 2 is 2.12 bits per heavy atom. The van der Waals surface area contributed by atoms with Gasteiger partial charge in [-0.1, -0.05) is 15.9 Å². The molecule has 0 saturated heterocycles. The molecule has 0 radical (unpaired) electrons. The molecule has 0 saturated carbocycles. The summed E-state index contributed by atoms with van der Waals surface area (Å²) in [6.07, 6.45) is 0. The van der Waals surface area contributed by atoms with Gasteiger partial charge in [0, 0.05) is 9.86 Å². The number of rotatable bonds is 2. The fourth-order valence-electron chi connectivity index (χ4n) is 1.54. The number of halogens is 1. The smallest absolute Gasteiger partial charge is 0.224 e. The number of carbonyl (C=O) groups excluding carboxylic acids is 1. The molecule has 0 N–H and O–H groups in total. The Morgan fingerprint density at radius 3 is 2.75 bits per heavy atom. The van der Waals surface area contributed by atoms with Crippen molar-refractivity contribution in [2.75, 3.05) is 7.11 Å². The highest BCUT2D eigenvalue weighted by Crippen LogP contribution is 2.25. The van der Waals surface area contributed by atoms with Crippen molar-refractivity contribution < 1.29 is 9.53 Å². The van der Waals surface area contributed by atoms with Crippen molar-refractivity contribution in [2.45, 2.75) is 6.92 Å². The molecule has 0 unspecified atom stereocenters. The van der Waals surface area contributed by atoms with Gasteiger partial charge in [0.1, 0.15) is 0 Å². The fraction of sp³-hybridized carbons (Fsp3) is 0.167. The largest absolute Gasteiger partial charge is 0.480 e. The topological polar surface area (TPSA) is 39.2 Å². The van der Waals surface area contributed by atoms with Crippen LogP contribution in [0.25, 0.3) is 10.9 Å². The van der Waals surface area contributed by atoms with E-state index in [0.717, 1.165) is 15.4 Å². The Kier molecular flexibility index (Phi) is 2.92. The number of hydrogen-bond donors (Lipinski definition) is 0. The van der Waals surface area contributed by atoms with E-state index in [1.807, 2.05) is 18.2 Å². The third-order valence-electron chi connectivity index (χ3n) is 2.31. The zero-order valence-electron chi connectivity index (χ0n) is 8.95. The minimum atomic E-state index is -0.0498. The number of aromatic nitrogens is 1. The van der Waals surface area contributed by atoms with Crippen LogP contribution in [0.15, 0.2) is 28.7 Å². The third kappa shape index (κ3) is 1.93. The maximum atomic E-state index is 11.4. The van der Waals surface area contributed by atoms with E-state index in [2.05, 4.69) is 20.9 Å². The number of fused-ring (bicyclic) bond motifs is 1. The van der Waals surface area contributed by atoms with E-state index >= 15 is 0 Å². The molecule has 82 valence electrons. The molecule has 2 rings (SSSR count). The summed E-state index contributed by atoms with van der Waals surface area (Å²) in [7, 11) is 1.51. The number of ether oxygens (including phenoxy) is 1. The first-order chi connectivity index (χ1) is 7.61. The van der Waals surface area contributed by atoms with E-state index in [-0.39, 0.29) is 5.78 Å². The van der Waals surface area contributed by atoms with Gasteiger partial charge in [-0.05, 0) is 31.2 Å². The zero-order valence-corrected chi connectivity index (χ0v) is 10.5. The van der Waals surface area contributed by atoms with E-state index in [1.54, 1.807) is 6.07 Å². The molecule has 4 heteroatoms. The maximum absolute atomic E-state index is 11.4. The molecule has 1 aromatic carbocycles. The Balaban J connectivity index is 2.75. The minimum Gasteiger partial charge on any atom is -0.480 e. The Labute approximate surface area is 102 Å². The number of benzene rings is 1. The molecule has 0 fully saturated rings. The summed E-state index contributed by atoms with van der Waals surface area (Å²) >= 11 is 3.39. The van der Waals surface area contributed by atoms with Crippen LogP contribution in [0.5, 0.6) is 5.88 Å². The number of nitrogens with zero attached hydrogens (tertiary/aromatic N) is 1. The summed E-state index contributed by atoms with van der Waals surface area (Å²) in [4.78, 5) is 15.7. The van der Waals surface area contributed by atoms with Gasteiger partial charge in [0.25, 0.3) is 0 Å². The predicted octanol–water partition coefficient (Wildman–Crippen LogP) is 3.21. The van der Waals surface area contributed by atoms with Crippen LogP contribution in [0.2, 0.25) is 0 Å². The third-order valence-corrected chi connectivity index (χ3v) is 2.81. The highest BCUT2D eigenvalue weighted by molar-refractivity contribution is 9.10. The van der Waals surface area contributed by atoms with E-state index in [9.17, 15) is 4.79 Å². The van der Waals surface area contributed by atoms with Gasteiger partial charge in [-0.15, -0.1) is 0 Å². The second kappa shape index (κ2) is 4.22. The molecule has 0 bridgehead atoms. The Bertz CT molecular complexity index is 566. The van der Waals surface area contributed by atoms with E-state index in [1.165, 1.54) is 14.0 Å². The quantitative estimate of drug-likeness (QED) is 0.793.